The number of hydrogen-bond donors (Lipinski definition) is 1. The van der Waals surface area contributed by atoms with Crippen LogP contribution in [-0.4, -0.2) is 17.4 Å². The van der Waals surface area contributed by atoms with Gasteiger partial charge < -0.3 is 10.6 Å². The van der Waals surface area contributed by atoms with Crippen molar-refractivity contribution in [1.82, 2.24) is 4.90 Å². The lowest BCUT2D eigenvalue weighted by Crippen LogP contribution is -2.24. The van der Waals surface area contributed by atoms with E-state index in [1.165, 1.54) is 19.3 Å². The van der Waals surface area contributed by atoms with Crippen molar-refractivity contribution in [1.29, 1.82) is 0 Å². The van der Waals surface area contributed by atoms with Crippen molar-refractivity contribution < 1.29 is 4.79 Å². The van der Waals surface area contributed by atoms with Gasteiger partial charge in [-0.15, -0.1) is 0 Å². The number of unbranched alkanes of at least 4 members (excludes halogenated alkanes) is 3. The van der Waals surface area contributed by atoms with Crippen LogP contribution in [0.1, 0.15) is 48.5 Å². The minimum absolute atomic E-state index is 0.142. The molecule has 1 amide bonds. The van der Waals surface area contributed by atoms with E-state index in [0.29, 0.717) is 6.54 Å². The lowest BCUT2D eigenvalue weighted by Gasteiger charge is -2.15. The van der Waals surface area contributed by atoms with E-state index in [1.807, 2.05) is 23.1 Å². The maximum absolute atomic E-state index is 12.1. The molecule has 1 aromatic carbocycles. The van der Waals surface area contributed by atoms with Crippen LogP contribution in [0.4, 0.5) is 5.69 Å². The van der Waals surface area contributed by atoms with Crippen molar-refractivity contribution in [2.45, 2.75) is 39.2 Å². The van der Waals surface area contributed by atoms with E-state index in [2.05, 4.69) is 6.92 Å². The van der Waals surface area contributed by atoms with Gasteiger partial charge in [-0.1, -0.05) is 32.3 Å². The molecular weight excluding hydrogens is 212 g/mol. The zero-order valence-electron chi connectivity index (χ0n) is 10.4. The zero-order valence-corrected chi connectivity index (χ0v) is 10.4. The average Bonchev–Trinajstić information content (AvgIpc) is 2.65. The summed E-state index contributed by atoms with van der Waals surface area (Å²) in [6, 6.07) is 5.60. The SMILES string of the molecule is CCCCCCN1Cc2c(N)cccc2C1=O. The van der Waals surface area contributed by atoms with E-state index in [-0.39, 0.29) is 5.91 Å². The highest BCUT2D eigenvalue weighted by Crippen LogP contribution is 2.27. The molecule has 1 aromatic rings. The summed E-state index contributed by atoms with van der Waals surface area (Å²) in [5.74, 6) is 0.142. The number of anilines is 1. The minimum atomic E-state index is 0.142. The van der Waals surface area contributed by atoms with Gasteiger partial charge >= 0.3 is 0 Å². The number of nitrogens with zero attached hydrogens (tertiary/aromatic N) is 1. The van der Waals surface area contributed by atoms with Gasteiger partial charge in [0.05, 0.1) is 0 Å². The van der Waals surface area contributed by atoms with Crippen LogP contribution in [0.5, 0.6) is 0 Å². The molecule has 0 saturated carbocycles. The Morgan fingerprint density at radius 2 is 2.12 bits per heavy atom. The number of nitrogen functional groups attached to an aromatic ring is 1. The molecule has 0 spiro atoms. The van der Waals surface area contributed by atoms with Crippen molar-refractivity contribution in [2.24, 2.45) is 0 Å². The second-order valence-corrected chi connectivity index (χ2v) is 4.66. The largest absolute Gasteiger partial charge is 0.398 e. The Balaban J connectivity index is 1.97. The monoisotopic (exact) mass is 232 g/mol. The van der Waals surface area contributed by atoms with Gasteiger partial charge in [-0.3, -0.25) is 4.79 Å². The molecule has 1 aliphatic rings. The normalized spacial score (nSPS) is 14.2. The molecule has 2 N–H and O–H groups in total. The maximum Gasteiger partial charge on any atom is 0.254 e. The van der Waals surface area contributed by atoms with Gasteiger partial charge in [-0.05, 0) is 18.6 Å². The molecule has 0 atom stereocenters. The number of fused-ring (bicyclic) bond motifs is 1. The zero-order chi connectivity index (χ0) is 12.3. The number of rotatable bonds is 5. The minimum Gasteiger partial charge on any atom is -0.398 e. The van der Waals surface area contributed by atoms with Gasteiger partial charge in [-0.2, -0.15) is 0 Å². The van der Waals surface area contributed by atoms with Crippen LogP contribution < -0.4 is 5.73 Å². The highest BCUT2D eigenvalue weighted by atomic mass is 16.2. The number of amides is 1. The Labute approximate surface area is 103 Å². The molecule has 92 valence electrons. The third kappa shape index (κ3) is 2.43. The molecule has 0 saturated heterocycles. The molecule has 3 heteroatoms. The van der Waals surface area contributed by atoms with Crippen molar-refractivity contribution in [2.75, 3.05) is 12.3 Å². The molecule has 1 heterocycles. The van der Waals surface area contributed by atoms with E-state index in [4.69, 9.17) is 5.73 Å². The molecule has 17 heavy (non-hydrogen) atoms. The molecule has 0 bridgehead atoms. The number of benzene rings is 1. The quantitative estimate of drug-likeness (QED) is 0.626. The molecule has 0 radical (unpaired) electrons. The third-order valence-electron chi connectivity index (χ3n) is 3.36. The Hall–Kier alpha value is -1.51. The van der Waals surface area contributed by atoms with E-state index < -0.39 is 0 Å². The van der Waals surface area contributed by atoms with Crippen LogP contribution in [0.25, 0.3) is 0 Å². The van der Waals surface area contributed by atoms with Crippen LogP contribution in [0, 0.1) is 0 Å². The lowest BCUT2D eigenvalue weighted by atomic mass is 10.1. The van der Waals surface area contributed by atoms with Crippen molar-refractivity contribution in [3.63, 3.8) is 0 Å². The van der Waals surface area contributed by atoms with E-state index in [1.54, 1.807) is 0 Å². The fraction of sp³-hybridized carbons (Fsp3) is 0.500. The summed E-state index contributed by atoms with van der Waals surface area (Å²) in [5, 5.41) is 0. The summed E-state index contributed by atoms with van der Waals surface area (Å²) in [4.78, 5) is 14.0. The Morgan fingerprint density at radius 3 is 2.82 bits per heavy atom. The van der Waals surface area contributed by atoms with Gasteiger partial charge in [0.15, 0.2) is 0 Å². The van der Waals surface area contributed by atoms with Gasteiger partial charge in [0.1, 0.15) is 0 Å². The summed E-state index contributed by atoms with van der Waals surface area (Å²) in [6.07, 6.45) is 4.76. The Kier molecular flexibility index (Phi) is 3.67. The van der Waals surface area contributed by atoms with Crippen LogP contribution >= 0.6 is 0 Å². The molecule has 3 nitrogen and oxygen atoms in total. The Bertz CT molecular complexity index is 415. The number of nitrogens with two attached hydrogens (primary N) is 1. The van der Waals surface area contributed by atoms with Crippen LogP contribution in [0.2, 0.25) is 0 Å². The summed E-state index contributed by atoms with van der Waals surface area (Å²) < 4.78 is 0. The first kappa shape index (κ1) is 12.0. The molecule has 0 fully saturated rings. The van der Waals surface area contributed by atoms with Gasteiger partial charge in [-0.25, -0.2) is 0 Å². The fourth-order valence-electron chi connectivity index (χ4n) is 2.32. The van der Waals surface area contributed by atoms with Crippen molar-refractivity contribution >= 4 is 11.6 Å². The first-order chi connectivity index (χ1) is 8.24. The number of carbonyl (C=O) groups is 1. The second-order valence-electron chi connectivity index (χ2n) is 4.66. The topological polar surface area (TPSA) is 46.3 Å². The molecule has 0 aliphatic carbocycles. The third-order valence-corrected chi connectivity index (χ3v) is 3.36. The Morgan fingerprint density at radius 1 is 1.29 bits per heavy atom. The fourth-order valence-corrected chi connectivity index (χ4v) is 2.32. The van der Waals surface area contributed by atoms with E-state index >= 15 is 0 Å². The highest BCUT2D eigenvalue weighted by Gasteiger charge is 2.27. The maximum atomic E-state index is 12.1. The van der Waals surface area contributed by atoms with Crippen LogP contribution in [0.3, 0.4) is 0 Å². The summed E-state index contributed by atoms with van der Waals surface area (Å²) in [6.45, 7) is 3.73. The standard InChI is InChI=1S/C14H20N2O/c1-2-3-4-5-9-16-10-12-11(14(16)17)7-6-8-13(12)15/h6-8H,2-5,9-10,15H2,1H3. The van der Waals surface area contributed by atoms with Gasteiger partial charge in [0.2, 0.25) is 0 Å². The molecular formula is C14H20N2O. The molecule has 2 rings (SSSR count). The average molecular weight is 232 g/mol. The predicted octanol–water partition coefficient (Wildman–Crippen LogP) is 2.80. The summed E-state index contributed by atoms with van der Waals surface area (Å²) >= 11 is 0. The second kappa shape index (κ2) is 5.21. The first-order valence-electron chi connectivity index (χ1n) is 6.40. The number of carbonyl (C=O) groups excluding carboxylic acids is 1. The van der Waals surface area contributed by atoms with Gasteiger partial charge in [0.25, 0.3) is 5.91 Å². The van der Waals surface area contributed by atoms with Crippen molar-refractivity contribution in [3.8, 4) is 0 Å². The smallest absolute Gasteiger partial charge is 0.254 e. The predicted molar refractivity (Wildman–Crippen MR) is 69.7 cm³/mol. The highest BCUT2D eigenvalue weighted by molar-refractivity contribution is 5.99. The number of hydrogen-bond acceptors (Lipinski definition) is 2. The molecule has 0 aromatic heterocycles. The lowest BCUT2D eigenvalue weighted by molar-refractivity contribution is 0.0775. The van der Waals surface area contributed by atoms with E-state index in [0.717, 1.165) is 29.8 Å². The van der Waals surface area contributed by atoms with E-state index in [9.17, 15) is 4.79 Å². The first-order valence-corrected chi connectivity index (χ1v) is 6.40. The molecule has 0 unspecified atom stereocenters. The summed E-state index contributed by atoms with van der Waals surface area (Å²) in [5.41, 5.74) is 8.44. The van der Waals surface area contributed by atoms with Gasteiger partial charge in [0, 0.05) is 29.9 Å². The summed E-state index contributed by atoms with van der Waals surface area (Å²) in [7, 11) is 0. The van der Waals surface area contributed by atoms with Crippen LogP contribution in [-0.2, 0) is 6.54 Å². The van der Waals surface area contributed by atoms with Crippen molar-refractivity contribution in [3.05, 3.63) is 29.3 Å². The van der Waals surface area contributed by atoms with Crippen LogP contribution in [0.15, 0.2) is 18.2 Å². The molecule has 1 aliphatic heterocycles.